The van der Waals surface area contributed by atoms with Crippen molar-refractivity contribution >= 4 is 119 Å². The van der Waals surface area contributed by atoms with Gasteiger partial charge in [0.25, 0.3) is 10.1 Å². The Balaban J connectivity index is 0.00000416. The van der Waals surface area contributed by atoms with Crippen LogP contribution >= 0.6 is 0 Å². The van der Waals surface area contributed by atoms with E-state index in [-0.39, 0.29) is 150 Å². The van der Waals surface area contributed by atoms with Gasteiger partial charge in [0.05, 0.1) is 56.9 Å². The van der Waals surface area contributed by atoms with Crippen LogP contribution in [0.1, 0.15) is 0 Å². The van der Waals surface area contributed by atoms with Crippen LogP contribution in [0.4, 0.5) is 57.4 Å². The van der Waals surface area contributed by atoms with Gasteiger partial charge in [-0.3, -0.25) is 9.11 Å². The molecule has 0 spiro atoms. The van der Waals surface area contributed by atoms with Gasteiger partial charge in [0.2, 0.25) is 11.9 Å². The quantitative estimate of drug-likeness (QED) is 0.0369. The van der Waals surface area contributed by atoms with Crippen LogP contribution in [0.25, 0.3) is 10.8 Å². The third kappa shape index (κ3) is 17.1. The van der Waals surface area contributed by atoms with Crippen molar-refractivity contribution in [3.63, 3.8) is 0 Å². The first kappa shape index (κ1) is 63.7. The zero-order chi connectivity index (χ0) is 52.9. The van der Waals surface area contributed by atoms with E-state index >= 15 is 0 Å². The number of nitrogens with one attached hydrogen (secondary N) is 2. The Bertz CT molecular complexity index is 3980. The van der Waals surface area contributed by atoms with E-state index in [9.17, 15) is 60.9 Å². The first-order valence-electron chi connectivity index (χ1n) is 19.8. The number of methoxy groups -OCH3 is 1. The van der Waals surface area contributed by atoms with Crippen LogP contribution in [0.5, 0.6) is 11.5 Å². The fourth-order valence-electron chi connectivity index (χ4n) is 6.16. The summed E-state index contributed by atoms with van der Waals surface area (Å²) in [6.45, 7) is -0.807. The number of hydrogen-bond donors (Lipinski definition) is 4. The number of aromatic nitrogens is 3. The van der Waals surface area contributed by atoms with E-state index in [1.54, 1.807) is 0 Å². The summed E-state index contributed by atoms with van der Waals surface area (Å²) in [5.41, 5.74) is -0.681. The fraction of sp³-hybridized carbons (Fsp3) is 0.0750. The molecule has 0 atom stereocenters. The van der Waals surface area contributed by atoms with Crippen molar-refractivity contribution in [2.24, 2.45) is 30.7 Å². The number of nitrogens with zero attached hydrogens (tertiary/aromatic N) is 9. The molecule has 0 bridgehead atoms. The molecule has 0 radical (unpaired) electrons. The number of azo groups is 3. The summed E-state index contributed by atoms with van der Waals surface area (Å²) in [6.07, 6.45) is 1.13. The average Bonchev–Trinajstić information content (AvgIpc) is 3.31. The summed E-state index contributed by atoms with van der Waals surface area (Å²) in [4.78, 5) is 9.88. The summed E-state index contributed by atoms with van der Waals surface area (Å²) < 4.78 is 170. The Hall–Kier alpha value is -4.86. The molecule has 1 heterocycles. The number of hydrogen-bond acceptors (Lipinski definition) is 26. The zero-order valence-electron chi connectivity index (χ0n) is 39.5. The molecule has 0 amide bonds. The molecule has 0 fully saturated rings. The van der Waals surface area contributed by atoms with E-state index < -0.39 is 94.8 Å². The summed E-state index contributed by atoms with van der Waals surface area (Å²) in [5.74, 6) is -1.78. The second-order valence-corrected chi connectivity index (χ2v) is 21.8. The van der Waals surface area contributed by atoms with Crippen molar-refractivity contribution in [3.05, 3.63) is 116 Å². The Labute approximate surface area is 498 Å². The van der Waals surface area contributed by atoms with E-state index in [4.69, 9.17) is 9.29 Å². The minimum atomic E-state index is -5.18. The predicted octanol–water partition coefficient (Wildman–Crippen LogP) is -2.50. The number of sulfone groups is 1. The van der Waals surface area contributed by atoms with Crippen LogP contribution in [0, 0.1) is 0 Å². The molecule has 4 N–H and O–H groups in total. The van der Waals surface area contributed by atoms with Crippen molar-refractivity contribution in [2.45, 2.75) is 19.6 Å². The molecule has 36 heteroatoms. The number of benzene rings is 6. The molecule has 28 nitrogen and oxygen atoms in total. The van der Waals surface area contributed by atoms with Crippen LogP contribution in [-0.4, -0.2) is 94.7 Å². The zero-order valence-corrected chi connectivity index (χ0v) is 49.6. The van der Waals surface area contributed by atoms with E-state index in [1.165, 1.54) is 86.0 Å². The molecule has 7 rings (SSSR count). The Morgan fingerprint density at radius 2 is 1.12 bits per heavy atom. The average molecular weight is 1170 g/mol. The largest absolute Gasteiger partial charge is 1.00 e. The molecule has 7 aromatic rings. The molecular formula is C40H30N11Na3O17S5. The van der Waals surface area contributed by atoms with E-state index in [2.05, 4.69) is 60.5 Å². The molecular weight excluding hydrogens is 1140 g/mol. The van der Waals surface area contributed by atoms with Crippen LogP contribution in [-0.2, 0) is 54.8 Å². The Kier molecular flexibility index (Phi) is 21.9. The summed E-state index contributed by atoms with van der Waals surface area (Å²) in [7, 11) is -22.6. The molecule has 0 aliphatic heterocycles. The number of ether oxygens (including phenoxy) is 1. The molecule has 0 saturated carbocycles. The molecule has 0 aliphatic carbocycles. The topological polar surface area (TPSA) is 436 Å². The molecule has 0 saturated heterocycles. The van der Waals surface area contributed by atoms with Crippen LogP contribution in [0.15, 0.2) is 166 Å². The van der Waals surface area contributed by atoms with Crippen molar-refractivity contribution < 1.29 is 163 Å². The molecule has 76 heavy (non-hydrogen) atoms. The number of rotatable bonds is 19. The standard InChI is InChI=1S/C40H33N11O17S5.3Na/c1-67-34-20-27(7-14-32(34)49-50-33-15-8-28(21-35(33)71(58,59)60)47-46-25-4-11-30(12-5-25)70(55,56)57)48-51-37-36(72(61,62)63)19-23-18-26(6-13-31(23)38(37)52)44-40-42-22-41-39(45-40)43-24-2-9-29(10-3-24)69(53,54)17-16-68-73(64,65)66;;;/h2-15,18-22,52H,16-17H2,1H3,(H,55,56,57)(H,58,59,60)(H,61,62,63)(H,64,65,66)(H2,41,42,43,44,45);;;/q;3*+1/p-3. The smallest absolute Gasteiger partial charge is 0.871 e. The van der Waals surface area contributed by atoms with E-state index in [0.717, 1.165) is 36.7 Å². The number of fused-ring (bicyclic) bond motifs is 1. The summed E-state index contributed by atoms with van der Waals surface area (Å²) in [6, 6.07) is 21.7. The van der Waals surface area contributed by atoms with Crippen LogP contribution in [0.3, 0.4) is 0 Å². The second kappa shape index (κ2) is 26.2. The molecule has 380 valence electrons. The van der Waals surface area contributed by atoms with Gasteiger partial charge in [0, 0.05) is 17.4 Å². The van der Waals surface area contributed by atoms with Gasteiger partial charge in [0.1, 0.15) is 48.6 Å². The molecule has 6 aromatic carbocycles. The fourth-order valence-corrected chi connectivity index (χ4v) is 9.41. The van der Waals surface area contributed by atoms with Gasteiger partial charge >= 0.3 is 99.1 Å². The summed E-state index contributed by atoms with van der Waals surface area (Å²) in [5, 5.41) is 42.8. The van der Waals surface area contributed by atoms with Crippen molar-refractivity contribution in [1.29, 1.82) is 0 Å². The molecule has 0 aliphatic rings. The van der Waals surface area contributed by atoms with Crippen LogP contribution < -0.4 is 109 Å². The van der Waals surface area contributed by atoms with Gasteiger partial charge in [-0.2, -0.15) is 37.2 Å². The Morgan fingerprint density at radius 1 is 0.579 bits per heavy atom. The first-order valence-corrected chi connectivity index (χ1v) is 27.1. The van der Waals surface area contributed by atoms with Gasteiger partial charge in [-0.15, -0.1) is 15.3 Å². The van der Waals surface area contributed by atoms with E-state index in [1.807, 2.05) is 0 Å². The normalized spacial score (nSPS) is 12.3. The maximum atomic E-state index is 13.7. The molecule has 0 unspecified atom stereocenters. The maximum Gasteiger partial charge on any atom is 1.00 e. The number of anilines is 4. The van der Waals surface area contributed by atoms with Gasteiger partial charge in [-0.05, 0) is 108 Å². The van der Waals surface area contributed by atoms with Crippen molar-refractivity contribution in [3.8, 4) is 11.5 Å². The Morgan fingerprint density at radius 3 is 1.71 bits per heavy atom. The maximum absolute atomic E-state index is 13.7. The second-order valence-electron chi connectivity index (χ2n) is 14.4. The monoisotopic (exact) mass is 1170 g/mol. The van der Waals surface area contributed by atoms with Gasteiger partial charge in [-0.1, -0.05) is 11.8 Å². The minimum Gasteiger partial charge on any atom is -0.871 e. The first-order chi connectivity index (χ1) is 34.3. The SMILES string of the molecule is COc1cc(N=Nc2c(S(=O)(=O)O)cc3cc(Nc4ncnc(Nc5ccc(S(=O)(=O)CCOS(=O)(=O)O)cc5)n4)ccc3c2[O-])ccc1N=Nc1ccc(N=Nc2ccc(S(=O)(=O)[O-])cc2)cc1S(=O)(=O)[O-].[Na+].[Na+].[Na+]. The van der Waals surface area contributed by atoms with Crippen molar-refractivity contribution in [1.82, 2.24) is 15.0 Å². The summed E-state index contributed by atoms with van der Waals surface area (Å²) >= 11 is 0. The van der Waals surface area contributed by atoms with E-state index in [0.29, 0.717) is 5.69 Å². The minimum absolute atomic E-state index is 0. The third-order valence-electron chi connectivity index (χ3n) is 9.50. The third-order valence-corrected chi connectivity index (χ3v) is 14.2. The predicted molar refractivity (Wildman–Crippen MR) is 250 cm³/mol. The van der Waals surface area contributed by atoms with Gasteiger partial charge in [0.15, 0.2) is 9.84 Å². The van der Waals surface area contributed by atoms with Gasteiger partial charge in [-0.25, -0.2) is 39.4 Å². The molecule has 1 aromatic heterocycles. The van der Waals surface area contributed by atoms with Crippen LogP contribution in [0.2, 0.25) is 0 Å². The van der Waals surface area contributed by atoms with Gasteiger partial charge < -0.3 is 29.6 Å². The van der Waals surface area contributed by atoms with Crippen molar-refractivity contribution in [2.75, 3.05) is 30.1 Å².